The van der Waals surface area contributed by atoms with E-state index in [0.29, 0.717) is 5.56 Å². The Morgan fingerprint density at radius 2 is 1.96 bits per heavy atom. The van der Waals surface area contributed by atoms with Crippen molar-refractivity contribution in [2.75, 3.05) is 6.26 Å². The van der Waals surface area contributed by atoms with Crippen LogP contribution >= 0.6 is 0 Å². The molecule has 0 saturated heterocycles. The molecule has 1 N–H and O–H groups in total. The molecule has 6 nitrogen and oxygen atoms in total. The molecule has 0 unspecified atom stereocenters. The number of amides is 1. The van der Waals surface area contributed by atoms with Crippen molar-refractivity contribution in [2.24, 2.45) is 0 Å². The molecule has 0 aliphatic rings. The van der Waals surface area contributed by atoms with Gasteiger partial charge in [0.15, 0.2) is 0 Å². The summed E-state index contributed by atoms with van der Waals surface area (Å²) < 4.78 is 46.0. The zero-order valence-corrected chi connectivity index (χ0v) is 14.7. The van der Waals surface area contributed by atoms with Crippen LogP contribution in [0.1, 0.15) is 44.9 Å². The van der Waals surface area contributed by atoms with Crippen LogP contribution < -0.4 is 5.32 Å². The first-order chi connectivity index (χ1) is 10.4. The van der Waals surface area contributed by atoms with Crippen LogP contribution in [0.4, 0.5) is 9.18 Å². The minimum Gasteiger partial charge on any atom is -0.444 e. The van der Waals surface area contributed by atoms with Gasteiger partial charge in [0.1, 0.15) is 11.4 Å². The number of halogens is 1. The lowest BCUT2D eigenvalue weighted by Gasteiger charge is -2.23. The fraction of sp³-hybridized carbons (Fsp3) is 0.533. The van der Waals surface area contributed by atoms with Crippen LogP contribution in [-0.4, -0.2) is 26.4 Å². The van der Waals surface area contributed by atoms with E-state index in [1.54, 1.807) is 33.8 Å². The molecule has 130 valence electrons. The number of ether oxygens (including phenoxy) is 1. The van der Waals surface area contributed by atoms with E-state index in [-0.39, 0.29) is 5.56 Å². The van der Waals surface area contributed by atoms with Crippen LogP contribution in [0.25, 0.3) is 0 Å². The molecule has 0 spiro atoms. The normalized spacial score (nSPS) is 13.5. The van der Waals surface area contributed by atoms with E-state index in [1.165, 1.54) is 12.1 Å². The van der Waals surface area contributed by atoms with Gasteiger partial charge in [-0.05, 0) is 39.3 Å². The van der Waals surface area contributed by atoms with Crippen molar-refractivity contribution >= 4 is 16.2 Å². The SMILES string of the molecule is C[C@@H](NC(=O)OC(C)(C)C)c1cccc(F)c1COS(C)(=O)=O. The predicted molar refractivity (Wildman–Crippen MR) is 83.8 cm³/mol. The van der Waals surface area contributed by atoms with E-state index in [0.717, 1.165) is 6.26 Å². The molecule has 0 saturated carbocycles. The Bertz CT molecular complexity index is 667. The van der Waals surface area contributed by atoms with Crippen LogP contribution in [0.3, 0.4) is 0 Å². The number of carbonyl (C=O) groups excluding carboxylic acids is 1. The molecule has 1 aromatic rings. The molecule has 0 heterocycles. The monoisotopic (exact) mass is 347 g/mol. The second-order valence-corrected chi connectivity index (χ2v) is 7.79. The van der Waals surface area contributed by atoms with Crippen molar-refractivity contribution in [1.82, 2.24) is 5.32 Å². The molecule has 1 rings (SSSR count). The smallest absolute Gasteiger partial charge is 0.408 e. The number of carbonyl (C=O) groups is 1. The lowest BCUT2D eigenvalue weighted by molar-refractivity contribution is 0.0507. The standard InChI is InChI=1S/C15H22FNO5S/c1-10(17-14(18)22-15(2,3)4)11-7-6-8-13(16)12(11)9-21-23(5,19)20/h6-8,10H,9H2,1-5H3,(H,17,18)/t10-/m1/s1. The second kappa shape index (κ2) is 7.27. The van der Waals surface area contributed by atoms with Gasteiger partial charge in [0.2, 0.25) is 0 Å². The molecule has 0 aliphatic carbocycles. The van der Waals surface area contributed by atoms with Crippen LogP contribution in [0.5, 0.6) is 0 Å². The van der Waals surface area contributed by atoms with Crippen molar-refractivity contribution in [2.45, 2.75) is 45.9 Å². The lowest BCUT2D eigenvalue weighted by Crippen LogP contribution is -2.34. The van der Waals surface area contributed by atoms with E-state index in [9.17, 15) is 17.6 Å². The van der Waals surface area contributed by atoms with Gasteiger partial charge in [0, 0.05) is 5.56 Å². The summed E-state index contributed by atoms with van der Waals surface area (Å²) in [5.41, 5.74) is -0.172. The molecule has 0 radical (unpaired) electrons. The van der Waals surface area contributed by atoms with Crippen molar-refractivity contribution in [1.29, 1.82) is 0 Å². The van der Waals surface area contributed by atoms with Crippen LogP contribution in [0.15, 0.2) is 18.2 Å². The van der Waals surface area contributed by atoms with Crippen molar-refractivity contribution in [3.8, 4) is 0 Å². The fourth-order valence-electron chi connectivity index (χ4n) is 1.86. The summed E-state index contributed by atoms with van der Waals surface area (Å²) in [4.78, 5) is 11.8. The Morgan fingerprint density at radius 3 is 2.48 bits per heavy atom. The highest BCUT2D eigenvalue weighted by Gasteiger charge is 2.21. The maximum absolute atomic E-state index is 14.0. The number of nitrogens with one attached hydrogen (secondary N) is 1. The highest BCUT2D eigenvalue weighted by molar-refractivity contribution is 7.85. The van der Waals surface area contributed by atoms with Gasteiger partial charge >= 0.3 is 6.09 Å². The number of hydrogen-bond acceptors (Lipinski definition) is 5. The minimum absolute atomic E-state index is 0.0708. The Balaban J connectivity index is 2.94. The molecule has 0 aromatic heterocycles. The summed E-state index contributed by atoms with van der Waals surface area (Å²) in [5, 5.41) is 2.58. The number of rotatable bonds is 5. The zero-order valence-electron chi connectivity index (χ0n) is 13.8. The van der Waals surface area contributed by atoms with Gasteiger partial charge in [-0.25, -0.2) is 9.18 Å². The Kier molecular flexibility index (Phi) is 6.12. The molecule has 1 aromatic carbocycles. The molecule has 0 bridgehead atoms. The van der Waals surface area contributed by atoms with E-state index >= 15 is 0 Å². The molecule has 1 atom stereocenters. The molecule has 1 amide bonds. The first kappa shape index (κ1) is 19.4. The summed E-state index contributed by atoms with van der Waals surface area (Å²) in [6.07, 6.45) is 0.236. The molecule has 0 aliphatic heterocycles. The van der Waals surface area contributed by atoms with Crippen molar-refractivity contribution < 1.29 is 26.5 Å². The summed E-state index contributed by atoms with van der Waals surface area (Å²) in [6, 6.07) is 3.68. The molecular weight excluding hydrogens is 325 g/mol. The third-order valence-corrected chi connectivity index (χ3v) is 3.32. The average Bonchev–Trinajstić information content (AvgIpc) is 2.33. The summed E-state index contributed by atoms with van der Waals surface area (Å²) >= 11 is 0. The Hall–Kier alpha value is -1.67. The predicted octanol–water partition coefficient (Wildman–Crippen LogP) is 2.89. The van der Waals surface area contributed by atoms with E-state index < -0.39 is 40.3 Å². The minimum atomic E-state index is -3.71. The van der Waals surface area contributed by atoms with E-state index in [2.05, 4.69) is 9.50 Å². The van der Waals surface area contributed by atoms with Crippen LogP contribution in [-0.2, 0) is 25.6 Å². The van der Waals surface area contributed by atoms with Crippen LogP contribution in [0.2, 0.25) is 0 Å². The molecule has 23 heavy (non-hydrogen) atoms. The van der Waals surface area contributed by atoms with Gasteiger partial charge in [0.05, 0.1) is 18.9 Å². The maximum Gasteiger partial charge on any atom is 0.408 e. The topological polar surface area (TPSA) is 81.7 Å². The third kappa shape index (κ3) is 6.96. The molecule has 0 fully saturated rings. The van der Waals surface area contributed by atoms with Gasteiger partial charge < -0.3 is 10.1 Å². The van der Waals surface area contributed by atoms with Crippen molar-refractivity contribution in [3.63, 3.8) is 0 Å². The van der Waals surface area contributed by atoms with Gasteiger partial charge in [-0.15, -0.1) is 0 Å². The molecule has 8 heteroatoms. The first-order valence-electron chi connectivity index (χ1n) is 7.00. The third-order valence-electron chi connectivity index (χ3n) is 2.77. The number of hydrogen-bond donors (Lipinski definition) is 1. The summed E-state index contributed by atoms with van der Waals surface area (Å²) in [5.74, 6) is -0.607. The summed E-state index contributed by atoms with van der Waals surface area (Å²) in [7, 11) is -3.71. The van der Waals surface area contributed by atoms with Crippen molar-refractivity contribution in [3.05, 3.63) is 35.1 Å². The van der Waals surface area contributed by atoms with Gasteiger partial charge in [-0.2, -0.15) is 8.42 Å². The largest absolute Gasteiger partial charge is 0.444 e. The second-order valence-electron chi connectivity index (χ2n) is 6.14. The van der Waals surface area contributed by atoms with E-state index in [4.69, 9.17) is 4.74 Å². The zero-order chi connectivity index (χ0) is 17.8. The Morgan fingerprint density at radius 1 is 1.35 bits per heavy atom. The molecular formula is C15H22FNO5S. The van der Waals surface area contributed by atoms with E-state index in [1.807, 2.05) is 0 Å². The average molecular weight is 347 g/mol. The Labute approximate surface area is 136 Å². The first-order valence-corrected chi connectivity index (χ1v) is 8.82. The summed E-state index contributed by atoms with van der Waals surface area (Å²) in [6.45, 7) is 6.38. The van der Waals surface area contributed by atoms with Gasteiger partial charge in [-0.1, -0.05) is 12.1 Å². The highest BCUT2D eigenvalue weighted by atomic mass is 32.2. The van der Waals surface area contributed by atoms with Gasteiger partial charge in [-0.3, -0.25) is 4.18 Å². The fourth-order valence-corrected chi connectivity index (χ4v) is 2.19. The number of alkyl carbamates (subject to hydrolysis) is 1. The quantitative estimate of drug-likeness (QED) is 0.828. The highest BCUT2D eigenvalue weighted by Crippen LogP contribution is 2.22. The number of benzene rings is 1. The van der Waals surface area contributed by atoms with Crippen LogP contribution in [0, 0.1) is 5.82 Å². The lowest BCUT2D eigenvalue weighted by atomic mass is 10.0. The maximum atomic E-state index is 14.0. The van der Waals surface area contributed by atoms with Gasteiger partial charge in [0.25, 0.3) is 10.1 Å².